The Morgan fingerprint density at radius 1 is 1.40 bits per heavy atom. The molecule has 78 valence electrons. The minimum absolute atomic E-state index is 0.530. The second kappa shape index (κ2) is 3.79. The first-order valence-corrected chi connectivity index (χ1v) is 5.25. The predicted molar refractivity (Wildman–Crippen MR) is 63.6 cm³/mol. The average Bonchev–Trinajstić information content (AvgIpc) is 2.45. The number of benzene rings is 1. The van der Waals surface area contributed by atoms with Gasteiger partial charge in [-0.15, -0.1) is 0 Å². The molecular formula is C10H10ClN3S. The van der Waals surface area contributed by atoms with E-state index in [2.05, 4.69) is 10.1 Å². The molecule has 1 aromatic carbocycles. The van der Waals surface area contributed by atoms with Crippen LogP contribution in [0.2, 0.25) is 5.02 Å². The minimum atomic E-state index is 0.530. The number of halogens is 1. The molecule has 2 aromatic rings. The highest BCUT2D eigenvalue weighted by Gasteiger charge is 2.04. The van der Waals surface area contributed by atoms with Crippen LogP contribution in [0.4, 0.5) is 0 Å². The third kappa shape index (κ3) is 2.11. The number of aromatic amines is 1. The molecule has 0 aliphatic carbocycles. The van der Waals surface area contributed by atoms with Crippen molar-refractivity contribution in [2.24, 2.45) is 7.05 Å². The summed E-state index contributed by atoms with van der Waals surface area (Å²) in [4.78, 5) is 4.23. The lowest BCUT2D eigenvalue weighted by atomic mass is 10.1. The van der Waals surface area contributed by atoms with Crippen LogP contribution >= 0.6 is 23.8 Å². The normalized spacial score (nSPS) is 10.6. The van der Waals surface area contributed by atoms with Gasteiger partial charge in [-0.25, -0.2) is 0 Å². The maximum atomic E-state index is 5.97. The standard InChI is InChI=1S/C10H10ClN3S/c1-6-3-7(5-8(11)4-6)9-12-10(15)14(2)13-9/h3-5H,1-2H3,(H,12,13,15). The molecule has 0 saturated heterocycles. The summed E-state index contributed by atoms with van der Waals surface area (Å²) >= 11 is 11.0. The molecular weight excluding hydrogens is 230 g/mol. The molecule has 0 fully saturated rings. The first-order chi connectivity index (χ1) is 7.06. The van der Waals surface area contributed by atoms with Gasteiger partial charge < -0.3 is 0 Å². The number of rotatable bonds is 1. The second-order valence-corrected chi connectivity index (χ2v) is 4.23. The molecule has 0 radical (unpaired) electrons. The van der Waals surface area contributed by atoms with Crippen molar-refractivity contribution in [3.63, 3.8) is 0 Å². The fourth-order valence-corrected chi connectivity index (χ4v) is 1.83. The van der Waals surface area contributed by atoms with E-state index in [1.807, 2.05) is 32.2 Å². The zero-order valence-electron chi connectivity index (χ0n) is 8.41. The van der Waals surface area contributed by atoms with Gasteiger partial charge in [-0.2, -0.15) is 4.98 Å². The molecule has 0 aliphatic rings. The zero-order chi connectivity index (χ0) is 11.0. The zero-order valence-corrected chi connectivity index (χ0v) is 9.99. The second-order valence-electron chi connectivity index (χ2n) is 3.43. The number of H-pyrrole nitrogens is 1. The summed E-state index contributed by atoms with van der Waals surface area (Å²) in [6.45, 7) is 1.99. The molecule has 0 amide bonds. The molecule has 2 rings (SSSR count). The maximum absolute atomic E-state index is 5.97. The van der Waals surface area contributed by atoms with E-state index in [-0.39, 0.29) is 0 Å². The van der Waals surface area contributed by atoms with Crippen LogP contribution in [-0.2, 0) is 7.05 Å². The van der Waals surface area contributed by atoms with E-state index in [1.54, 1.807) is 4.68 Å². The summed E-state index contributed by atoms with van der Waals surface area (Å²) in [6, 6.07) is 5.78. The lowest BCUT2D eigenvalue weighted by Gasteiger charge is -2.00. The van der Waals surface area contributed by atoms with Gasteiger partial charge in [0.2, 0.25) is 4.77 Å². The predicted octanol–water partition coefficient (Wildman–Crippen LogP) is 3.11. The van der Waals surface area contributed by atoms with E-state index in [1.165, 1.54) is 0 Å². The summed E-state index contributed by atoms with van der Waals surface area (Å²) in [7, 11) is 1.83. The number of hydrogen-bond donors (Lipinski definition) is 1. The van der Waals surface area contributed by atoms with Crippen molar-refractivity contribution in [1.29, 1.82) is 0 Å². The van der Waals surface area contributed by atoms with Crippen LogP contribution in [0.3, 0.4) is 0 Å². The Bertz CT molecular complexity index is 536. The van der Waals surface area contributed by atoms with Crippen molar-refractivity contribution < 1.29 is 0 Å². The van der Waals surface area contributed by atoms with Crippen LogP contribution in [0.25, 0.3) is 11.4 Å². The fourth-order valence-electron chi connectivity index (χ4n) is 1.40. The number of nitrogens with zero attached hydrogens (tertiary/aromatic N) is 2. The molecule has 1 heterocycles. The Kier molecular flexibility index (Phi) is 2.63. The van der Waals surface area contributed by atoms with Crippen molar-refractivity contribution >= 4 is 23.8 Å². The summed E-state index contributed by atoms with van der Waals surface area (Å²) in [6.07, 6.45) is 0. The summed E-state index contributed by atoms with van der Waals surface area (Å²) in [5.74, 6) is 0.744. The molecule has 0 saturated carbocycles. The van der Waals surface area contributed by atoms with Crippen molar-refractivity contribution in [1.82, 2.24) is 14.8 Å². The number of aryl methyl sites for hydroxylation is 2. The third-order valence-electron chi connectivity index (χ3n) is 2.08. The first-order valence-electron chi connectivity index (χ1n) is 4.47. The van der Waals surface area contributed by atoms with Crippen LogP contribution in [0.1, 0.15) is 5.56 Å². The Morgan fingerprint density at radius 2 is 2.13 bits per heavy atom. The molecule has 5 heteroatoms. The van der Waals surface area contributed by atoms with Crippen molar-refractivity contribution in [2.45, 2.75) is 6.92 Å². The van der Waals surface area contributed by atoms with Crippen molar-refractivity contribution in [2.75, 3.05) is 0 Å². The first kappa shape index (κ1) is 10.4. The third-order valence-corrected chi connectivity index (χ3v) is 2.67. The molecule has 0 aliphatic heterocycles. The van der Waals surface area contributed by atoms with Crippen LogP contribution in [0, 0.1) is 11.7 Å². The molecule has 1 N–H and O–H groups in total. The summed E-state index contributed by atoms with van der Waals surface area (Å²) in [5, 5.41) is 3.76. The molecule has 15 heavy (non-hydrogen) atoms. The van der Waals surface area contributed by atoms with E-state index in [9.17, 15) is 0 Å². The molecule has 1 aromatic heterocycles. The summed E-state index contributed by atoms with van der Waals surface area (Å²) in [5.41, 5.74) is 2.05. The molecule has 0 spiro atoms. The Balaban J connectivity index is 2.58. The van der Waals surface area contributed by atoms with E-state index < -0.39 is 0 Å². The van der Waals surface area contributed by atoms with Crippen LogP contribution < -0.4 is 0 Å². The molecule has 0 unspecified atom stereocenters. The highest BCUT2D eigenvalue weighted by atomic mass is 35.5. The van der Waals surface area contributed by atoms with E-state index in [0.29, 0.717) is 9.79 Å². The van der Waals surface area contributed by atoms with Crippen LogP contribution in [-0.4, -0.2) is 14.8 Å². The Labute approximate surface area is 97.7 Å². The maximum Gasteiger partial charge on any atom is 0.216 e. The van der Waals surface area contributed by atoms with Gasteiger partial charge in [0.25, 0.3) is 0 Å². The van der Waals surface area contributed by atoms with Gasteiger partial charge in [0.1, 0.15) is 0 Å². The quantitative estimate of drug-likeness (QED) is 0.776. The molecule has 0 atom stereocenters. The lowest BCUT2D eigenvalue weighted by Crippen LogP contribution is -1.89. The van der Waals surface area contributed by atoms with Crippen molar-refractivity contribution in [3.05, 3.63) is 33.6 Å². The highest BCUT2D eigenvalue weighted by Crippen LogP contribution is 2.21. The highest BCUT2D eigenvalue weighted by molar-refractivity contribution is 7.71. The Morgan fingerprint density at radius 3 is 2.67 bits per heavy atom. The van der Waals surface area contributed by atoms with E-state index in [0.717, 1.165) is 17.0 Å². The average molecular weight is 240 g/mol. The number of nitrogens with one attached hydrogen (secondary N) is 1. The fraction of sp³-hybridized carbons (Fsp3) is 0.200. The van der Waals surface area contributed by atoms with Crippen molar-refractivity contribution in [3.8, 4) is 11.4 Å². The smallest absolute Gasteiger partial charge is 0.216 e. The van der Waals surface area contributed by atoms with Gasteiger partial charge >= 0.3 is 0 Å². The summed E-state index contributed by atoms with van der Waals surface area (Å²) < 4.78 is 2.23. The van der Waals surface area contributed by atoms with E-state index in [4.69, 9.17) is 23.8 Å². The molecule has 3 nitrogen and oxygen atoms in total. The monoisotopic (exact) mass is 239 g/mol. The Hall–Kier alpha value is -1.13. The minimum Gasteiger partial charge on any atom is -0.279 e. The topological polar surface area (TPSA) is 33.6 Å². The number of hydrogen-bond acceptors (Lipinski definition) is 2. The van der Waals surface area contributed by atoms with Gasteiger partial charge in [0, 0.05) is 17.6 Å². The largest absolute Gasteiger partial charge is 0.279 e. The van der Waals surface area contributed by atoms with Gasteiger partial charge in [-0.3, -0.25) is 9.78 Å². The number of aromatic nitrogens is 3. The van der Waals surface area contributed by atoms with Crippen LogP contribution in [0.15, 0.2) is 18.2 Å². The van der Waals surface area contributed by atoms with E-state index >= 15 is 0 Å². The lowest BCUT2D eigenvalue weighted by molar-refractivity contribution is 0.756. The van der Waals surface area contributed by atoms with Gasteiger partial charge in [-0.1, -0.05) is 11.6 Å². The van der Waals surface area contributed by atoms with Gasteiger partial charge in [0.05, 0.1) is 0 Å². The van der Waals surface area contributed by atoms with Gasteiger partial charge in [0.15, 0.2) is 5.82 Å². The SMILES string of the molecule is Cc1cc(Cl)cc(-c2nc(=S)n(C)[nH]2)c1. The molecule has 0 bridgehead atoms. The van der Waals surface area contributed by atoms with Gasteiger partial charge in [-0.05, 0) is 42.9 Å². The van der Waals surface area contributed by atoms with Crippen LogP contribution in [0.5, 0.6) is 0 Å².